The van der Waals surface area contributed by atoms with Gasteiger partial charge in [-0.1, -0.05) is 30.3 Å². The molecule has 1 aliphatic rings. The number of nitrogens with zero attached hydrogens (tertiary/aromatic N) is 1. The molecule has 102 valence electrons. The smallest absolute Gasteiger partial charge is 0.228 e. The van der Waals surface area contributed by atoms with Crippen LogP contribution in [0.1, 0.15) is 28.8 Å². The molecular formula is C18H13NO2. The van der Waals surface area contributed by atoms with E-state index >= 15 is 0 Å². The van der Waals surface area contributed by atoms with Gasteiger partial charge in [-0.05, 0) is 42.2 Å². The Morgan fingerprint density at radius 3 is 2.33 bits per heavy atom. The Labute approximate surface area is 122 Å². The fourth-order valence-electron chi connectivity index (χ4n) is 2.28. The molecule has 3 rings (SSSR count). The van der Waals surface area contributed by atoms with Crippen molar-refractivity contribution in [1.82, 2.24) is 0 Å². The minimum atomic E-state index is -0.407. The summed E-state index contributed by atoms with van der Waals surface area (Å²) >= 11 is 0. The average Bonchev–Trinajstić information content (AvgIpc) is 3.38. The number of rotatable bonds is 4. The van der Waals surface area contributed by atoms with Crippen molar-refractivity contribution in [2.24, 2.45) is 5.92 Å². The molecule has 0 saturated heterocycles. The summed E-state index contributed by atoms with van der Waals surface area (Å²) in [7, 11) is 0. The van der Waals surface area contributed by atoms with E-state index in [-0.39, 0.29) is 11.7 Å². The van der Waals surface area contributed by atoms with E-state index in [4.69, 9.17) is 5.26 Å². The molecule has 1 aliphatic carbocycles. The quantitative estimate of drug-likeness (QED) is 0.634. The molecule has 0 N–H and O–H groups in total. The summed E-state index contributed by atoms with van der Waals surface area (Å²) in [5.74, 6) is -0.753. The van der Waals surface area contributed by atoms with E-state index < -0.39 is 5.78 Å². The van der Waals surface area contributed by atoms with Crippen LogP contribution < -0.4 is 0 Å². The van der Waals surface area contributed by atoms with Crippen molar-refractivity contribution >= 4 is 11.6 Å². The Kier molecular flexibility index (Phi) is 3.37. The van der Waals surface area contributed by atoms with Crippen LogP contribution in [-0.4, -0.2) is 11.6 Å². The minimum Gasteiger partial charge on any atom is -0.290 e. The van der Waals surface area contributed by atoms with E-state index in [9.17, 15) is 9.59 Å². The minimum absolute atomic E-state index is 0.0666. The number of ketones is 2. The zero-order valence-corrected chi connectivity index (χ0v) is 11.4. The van der Waals surface area contributed by atoms with Crippen molar-refractivity contribution in [2.45, 2.75) is 12.8 Å². The van der Waals surface area contributed by atoms with Gasteiger partial charge in [0.15, 0.2) is 0 Å². The van der Waals surface area contributed by atoms with Gasteiger partial charge in [-0.15, -0.1) is 0 Å². The maximum atomic E-state index is 12.1. The SMILES string of the molecule is N#Cc1cccc(-c2cccc(C(=O)C(=O)C3CC3)c2)c1. The van der Waals surface area contributed by atoms with E-state index in [1.54, 1.807) is 36.4 Å². The van der Waals surface area contributed by atoms with Crippen molar-refractivity contribution < 1.29 is 9.59 Å². The molecule has 1 saturated carbocycles. The van der Waals surface area contributed by atoms with E-state index in [0.717, 1.165) is 24.0 Å². The van der Waals surface area contributed by atoms with Gasteiger partial charge < -0.3 is 0 Å². The predicted octanol–water partition coefficient (Wildman–Crippen LogP) is 3.39. The number of hydrogen-bond donors (Lipinski definition) is 0. The first-order chi connectivity index (χ1) is 10.2. The number of hydrogen-bond acceptors (Lipinski definition) is 3. The van der Waals surface area contributed by atoms with Crippen LogP contribution in [-0.2, 0) is 4.79 Å². The van der Waals surface area contributed by atoms with Crippen LogP contribution in [0, 0.1) is 17.2 Å². The molecule has 0 aliphatic heterocycles. The van der Waals surface area contributed by atoms with Gasteiger partial charge in [0, 0.05) is 11.5 Å². The number of nitriles is 1. The first-order valence-electron chi connectivity index (χ1n) is 6.88. The first-order valence-corrected chi connectivity index (χ1v) is 6.88. The Morgan fingerprint density at radius 1 is 1.00 bits per heavy atom. The van der Waals surface area contributed by atoms with Crippen LogP contribution in [0.15, 0.2) is 48.5 Å². The Hall–Kier alpha value is -2.73. The topological polar surface area (TPSA) is 57.9 Å². The largest absolute Gasteiger partial charge is 0.290 e. The summed E-state index contributed by atoms with van der Waals surface area (Å²) in [6.45, 7) is 0. The molecule has 2 aromatic rings. The van der Waals surface area contributed by atoms with E-state index in [1.807, 2.05) is 12.1 Å². The summed E-state index contributed by atoms with van der Waals surface area (Å²) in [5, 5.41) is 8.94. The molecule has 2 aromatic carbocycles. The molecule has 0 aromatic heterocycles. The lowest BCUT2D eigenvalue weighted by Crippen LogP contribution is -2.15. The second-order valence-electron chi connectivity index (χ2n) is 5.24. The standard InChI is InChI=1S/C18H13NO2/c19-11-12-3-1-4-14(9-12)15-5-2-6-16(10-15)18(21)17(20)13-7-8-13/h1-6,9-10,13H,7-8H2. The van der Waals surface area contributed by atoms with Gasteiger partial charge in [-0.3, -0.25) is 9.59 Å². The molecule has 3 nitrogen and oxygen atoms in total. The van der Waals surface area contributed by atoms with Gasteiger partial charge in [0.2, 0.25) is 11.6 Å². The number of carbonyl (C=O) groups excluding carboxylic acids is 2. The molecule has 1 fully saturated rings. The van der Waals surface area contributed by atoms with E-state index in [0.29, 0.717) is 11.1 Å². The molecule has 0 spiro atoms. The van der Waals surface area contributed by atoms with Crippen LogP contribution in [0.4, 0.5) is 0 Å². The van der Waals surface area contributed by atoms with Crippen LogP contribution in [0.3, 0.4) is 0 Å². The number of Topliss-reactive ketones (excluding diaryl/α,β-unsaturated/α-hetero) is 2. The lowest BCUT2D eigenvalue weighted by molar-refractivity contribution is -0.116. The third-order valence-corrected chi connectivity index (χ3v) is 3.62. The molecule has 0 heterocycles. The lowest BCUT2D eigenvalue weighted by Gasteiger charge is -2.05. The highest BCUT2D eigenvalue weighted by Crippen LogP contribution is 2.31. The Bertz CT molecular complexity index is 767. The van der Waals surface area contributed by atoms with Crippen molar-refractivity contribution in [3.05, 3.63) is 59.7 Å². The highest BCUT2D eigenvalue weighted by Gasteiger charge is 2.34. The van der Waals surface area contributed by atoms with E-state index in [1.165, 1.54) is 0 Å². The van der Waals surface area contributed by atoms with Crippen LogP contribution >= 0.6 is 0 Å². The molecule has 0 bridgehead atoms. The maximum Gasteiger partial charge on any atom is 0.228 e. The van der Waals surface area contributed by atoms with E-state index in [2.05, 4.69) is 6.07 Å². The van der Waals surface area contributed by atoms with Crippen LogP contribution in [0.25, 0.3) is 11.1 Å². The molecule has 21 heavy (non-hydrogen) atoms. The number of carbonyl (C=O) groups is 2. The summed E-state index contributed by atoms with van der Waals surface area (Å²) < 4.78 is 0. The molecule has 0 atom stereocenters. The average molecular weight is 275 g/mol. The van der Waals surface area contributed by atoms with Crippen molar-refractivity contribution in [3.8, 4) is 17.2 Å². The zero-order valence-electron chi connectivity index (χ0n) is 11.4. The summed E-state index contributed by atoms with van der Waals surface area (Å²) in [4.78, 5) is 24.0. The first kappa shape index (κ1) is 13.3. The lowest BCUT2D eigenvalue weighted by atomic mass is 9.98. The maximum absolute atomic E-state index is 12.1. The van der Waals surface area contributed by atoms with Gasteiger partial charge in [0.05, 0.1) is 11.6 Å². The summed E-state index contributed by atoms with van der Waals surface area (Å²) in [6, 6.07) is 16.3. The number of benzene rings is 2. The van der Waals surface area contributed by atoms with Gasteiger partial charge in [-0.2, -0.15) is 5.26 Å². The molecule has 0 radical (unpaired) electrons. The van der Waals surface area contributed by atoms with Crippen molar-refractivity contribution in [2.75, 3.05) is 0 Å². The van der Waals surface area contributed by atoms with Gasteiger partial charge in [0.25, 0.3) is 0 Å². The Morgan fingerprint density at radius 2 is 1.67 bits per heavy atom. The fourth-order valence-corrected chi connectivity index (χ4v) is 2.28. The monoisotopic (exact) mass is 275 g/mol. The van der Waals surface area contributed by atoms with Gasteiger partial charge in [-0.25, -0.2) is 0 Å². The van der Waals surface area contributed by atoms with Crippen molar-refractivity contribution in [3.63, 3.8) is 0 Å². The normalized spacial score (nSPS) is 13.5. The molecular weight excluding hydrogens is 262 g/mol. The second-order valence-corrected chi connectivity index (χ2v) is 5.24. The zero-order chi connectivity index (χ0) is 14.8. The third-order valence-electron chi connectivity index (χ3n) is 3.62. The molecule has 3 heteroatoms. The fraction of sp³-hybridized carbons (Fsp3) is 0.167. The van der Waals surface area contributed by atoms with Gasteiger partial charge in [0.1, 0.15) is 0 Å². The molecule has 0 unspecified atom stereocenters. The summed E-state index contributed by atoms with van der Waals surface area (Å²) in [6.07, 6.45) is 1.66. The summed E-state index contributed by atoms with van der Waals surface area (Å²) in [5.41, 5.74) is 2.69. The van der Waals surface area contributed by atoms with Crippen LogP contribution in [0.5, 0.6) is 0 Å². The Balaban J connectivity index is 1.94. The highest BCUT2D eigenvalue weighted by molar-refractivity contribution is 6.44. The third kappa shape index (κ3) is 2.75. The predicted molar refractivity (Wildman–Crippen MR) is 78.7 cm³/mol. The van der Waals surface area contributed by atoms with Gasteiger partial charge >= 0.3 is 0 Å². The second kappa shape index (κ2) is 5.34. The van der Waals surface area contributed by atoms with Crippen LogP contribution in [0.2, 0.25) is 0 Å². The molecule has 0 amide bonds. The highest BCUT2D eigenvalue weighted by atomic mass is 16.2. The van der Waals surface area contributed by atoms with Crippen molar-refractivity contribution in [1.29, 1.82) is 5.26 Å².